The number of ether oxygens (including phenoxy) is 3. The molecule has 1 amide bonds. The van der Waals surface area contributed by atoms with Gasteiger partial charge in [0.1, 0.15) is 5.75 Å². The van der Waals surface area contributed by atoms with Gasteiger partial charge in [-0.2, -0.15) is 0 Å². The van der Waals surface area contributed by atoms with E-state index in [0.717, 1.165) is 30.7 Å². The van der Waals surface area contributed by atoms with Crippen molar-refractivity contribution in [1.82, 2.24) is 0 Å². The first-order chi connectivity index (χ1) is 15.3. The van der Waals surface area contributed by atoms with Crippen LogP contribution in [0.25, 0.3) is 0 Å². The Bertz CT molecular complexity index is 863. The van der Waals surface area contributed by atoms with E-state index in [1.54, 1.807) is 7.11 Å². The van der Waals surface area contributed by atoms with Gasteiger partial charge in [0.05, 0.1) is 13.2 Å². The first kappa shape index (κ1) is 22.1. The molecule has 1 N–H and O–H groups in total. The lowest BCUT2D eigenvalue weighted by molar-refractivity contribution is -0.571. The number of anilines is 1. The van der Waals surface area contributed by atoms with Crippen molar-refractivity contribution < 1.29 is 28.8 Å². The van der Waals surface area contributed by atoms with Gasteiger partial charge in [-0.05, 0) is 62.5 Å². The van der Waals surface area contributed by atoms with E-state index in [1.807, 2.05) is 31.2 Å². The molecule has 4 heterocycles. The average molecular weight is 446 g/mol. The summed E-state index contributed by atoms with van der Waals surface area (Å²) in [6.07, 6.45) is 4.57. The van der Waals surface area contributed by atoms with Gasteiger partial charge < -0.3 is 19.5 Å². The molecule has 5 aliphatic rings. The summed E-state index contributed by atoms with van der Waals surface area (Å²) in [6.45, 7) is 6.49. The van der Waals surface area contributed by atoms with E-state index in [2.05, 4.69) is 19.2 Å². The molecule has 8 atom stereocenters. The Morgan fingerprint density at radius 3 is 2.84 bits per heavy atom. The number of hydrogen-bond acceptors (Lipinski definition) is 6. The van der Waals surface area contributed by atoms with E-state index < -0.39 is 17.7 Å². The van der Waals surface area contributed by atoms with Crippen molar-refractivity contribution in [2.24, 2.45) is 23.7 Å². The Kier molecular flexibility index (Phi) is 5.73. The lowest BCUT2D eigenvalue weighted by Crippen LogP contribution is -2.70. The van der Waals surface area contributed by atoms with Crippen molar-refractivity contribution in [3.05, 3.63) is 24.3 Å². The van der Waals surface area contributed by atoms with Crippen LogP contribution in [0.5, 0.6) is 5.75 Å². The van der Waals surface area contributed by atoms with Gasteiger partial charge in [-0.3, -0.25) is 4.79 Å². The number of fused-ring (bicyclic) bond motifs is 2. The molecule has 0 aromatic heterocycles. The molecule has 176 valence electrons. The Labute approximate surface area is 190 Å². The first-order valence-corrected chi connectivity index (χ1v) is 12.0. The minimum absolute atomic E-state index is 0.0284. The topological polar surface area (TPSA) is 75.3 Å². The third-order valence-corrected chi connectivity index (χ3v) is 8.30. The van der Waals surface area contributed by atoms with Gasteiger partial charge in [0.2, 0.25) is 11.7 Å². The number of rotatable bonds is 5. The van der Waals surface area contributed by atoms with Crippen molar-refractivity contribution in [1.29, 1.82) is 0 Å². The molecule has 1 aromatic rings. The van der Waals surface area contributed by atoms with Crippen molar-refractivity contribution >= 4 is 11.6 Å². The molecule has 1 saturated carbocycles. The summed E-state index contributed by atoms with van der Waals surface area (Å²) in [5.41, 5.74) is 0.185. The largest absolute Gasteiger partial charge is 0.497 e. The highest BCUT2D eigenvalue weighted by Crippen LogP contribution is 2.60. The van der Waals surface area contributed by atoms with Crippen molar-refractivity contribution in [2.75, 3.05) is 12.4 Å². The number of carbonyl (C=O) groups is 1. The molecule has 6 rings (SSSR count). The van der Waals surface area contributed by atoms with Gasteiger partial charge >= 0.3 is 0 Å². The quantitative estimate of drug-likeness (QED) is 0.664. The van der Waals surface area contributed by atoms with Crippen LogP contribution in [-0.4, -0.2) is 36.8 Å². The number of carbonyl (C=O) groups excluding carboxylic acids is 1. The SMILES string of the molecule is COc1cccc(NC(=O)CC[C@H]2O[C@@H]3O[C@@]4(C)CC[C@H]5[C@H](C)CC[C@@H]([C@H]2C)[C@@]35OO4)c1. The fraction of sp³-hybridized carbons (Fsp3) is 0.720. The summed E-state index contributed by atoms with van der Waals surface area (Å²) in [6, 6.07) is 7.40. The summed E-state index contributed by atoms with van der Waals surface area (Å²) >= 11 is 0. The third-order valence-electron chi connectivity index (χ3n) is 8.30. The lowest BCUT2D eigenvalue weighted by atomic mass is 9.57. The van der Waals surface area contributed by atoms with E-state index in [4.69, 9.17) is 24.0 Å². The molecule has 1 aliphatic carbocycles. The first-order valence-electron chi connectivity index (χ1n) is 12.0. The van der Waals surface area contributed by atoms with Gasteiger partial charge in [-0.25, -0.2) is 9.78 Å². The van der Waals surface area contributed by atoms with Gasteiger partial charge in [-0.1, -0.05) is 19.9 Å². The second-order valence-electron chi connectivity index (χ2n) is 10.3. The molecular weight excluding hydrogens is 410 g/mol. The summed E-state index contributed by atoms with van der Waals surface area (Å²) in [7, 11) is 1.61. The zero-order valence-corrected chi connectivity index (χ0v) is 19.5. The van der Waals surface area contributed by atoms with Crippen LogP contribution in [0, 0.1) is 23.7 Å². The Hall–Kier alpha value is -1.67. The van der Waals surface area contributed by atoms with Gasteiger partial charge in [0.15, 0.2) is 11.9 Å². The molecule has 0 unspecified atom stereocenters. The fourth-order valence-electron chi connectivity index (χ4n) is 6.51. The molecule has 32 heavy (non-hydrogen) atoms. The van der Waals surface area contributed by atoms with Crippen LogP contribution >= 0.6 is 0 Å². The van der Waals surface area contributed by atoms with Crippen LogP contribution < -0.4 is 10.1 Å². The molecule has 2 bridgehead atoms. The van der Waals surface area contributed by atoms with Crippen LogP contribution in [0.3, 0.4) is 0 Å². The number of hydrogen-bond donors (Lipinski definition) is 1. The molecule has 1 spiro atoms. The standard InChI is InChI=1S/C25H35NO6/c1-15-8-9-20-16(2)21(10-11-22(27)26-17-6-5-7-18(14-17)28-4)29-23-25(20)19(15)12-13-24(3,30-23)31-32-25/h5-7,14-16,19-21,23H,8-13H2,1-4H3,(H,26,27)/t15-,16-,19+,20+,21-,23-,24-,25-/m1/s1. The monoisotopic (exact) mass is 445 g/mol. The van der Waals surface area contributed by atoms with E-state index in [1.165, 1.54) is 6.42 Å². The third kappa shape index (κ3) is 3.63. The summed E-state index contributed by atoms with van der Waals surface area (Å²) in [4.78, 5) is 24.7. The van der Waals surface area contributed by atoms with Crippen molar-refractivity contribution in [3.63, 3.8) is 0 Å². The Morgan fingerprint density at radius 1 is 1.19 bits per heavy atom. The number of amides is 1. The summed E-state index contributed by atoms with van der Waals surface area (Å²) in [5, 5.41) is 2.97. The zero-order chi connectivity index (χ0) is 22.5. The molecule has 0 radical (unpaired) electrons. The predicted molar refractivity (Wildman–Crippen MR) is 118 cm³/mol. The maximum absolute atomic E-state index is 12.7. The zero-order valence-electron chi connectivity index (χ0n) is 19.5. The molecule has 7 heteroatoms. The molecule has 7 nitrogen and oxygen atoms in total. The minimum atomic E-state index is -0.771. The second kappa shape index (κ2) is 8.28. The van der Waals surface area contributed by atoms with Crippen molar-refractivity contribution in [3.8, 4) is 5.75 Å². The van der Waals surface area contributed by atoms with E-state index >= 15 is 0 Å². The minimum Gasteiger partial charge on any atom is -0.497 e. The van der Waals surface area contributed by atoms with Gasteiger partial charge in [0, 0.05) is 30.5 Å². The average Bonchev–Trinajstić information content (AvgIpc) is 3.01. The smallest absolute Gasteiger partial charge is 0.224 e. The molecular formula is C25H35NO6. The van der Waals surface area contributed by atoms with Crippen LogP contribution in [-0.2, 0) is 24.0 Å². The van der Waals surface area contributed by atoms with Crippen LogP contribution in [0.2, 0.25) is 0 Å². The Morgan fingerprint density at radius 2 is 2.03 bits per heavy atom. The van der Waals surface area contributed by atoms with Crippen LogP contribution in [0.4, 0.5) is 5.69 Å². The molecule has 4 aliphatic heterocycles. The van der Waals surface area contributed by atoms with E-state index in [9.17, 15) is 4.79 Å². The fourth-order valence-corrected chi connectivity index (χ4v) is 6.51. The summed E-state index contributed by atoms with van der Waals surface area (Å²) < 4.78 is 18.2. The lowest BCUT2D eigenvalue weighted by Gasteiger charge is -2.60. The Balaban J connectivity index is 1.29. The number of methoxy groups -OCH3 is 1. The molecule has 4 saturated heterocycles. The highest BCUT2D eigenvalue weighted by Gasteiger charge is 2.69. The van der Waals surface area contributed by atoms with Gasteiger partial charge in [-0.15, -0.1) is 0 Å². The van der Waals surface area contributed by atoms with E-state index in [0.29, 0.717) is 24.7 Å². The molecule has 5 fully saturated rings. The number of nitrogens with one attached hydrogen (secondary N) is 1. The van der Waals surface area contributed by atoms with Gasteiger partial charge in [0.25, 0.3) is 0 Å². The second-order valence-corrected chi connectivity index (χ2v) is 10.3. The van der Waals surface area contributed by atoms with Crippen LogP contribution in [0.15, 0.2) is 24.3 Å². The maximum atomic E-state index is 12.7. The number of benzene rings is 1. The van der Waals surface area contributed by atoms with E-state index in [-0.39, 0.29) is 23.8 Å². The normalized spacial score (nSPS) is 42.6. The summed E-state index contributed by atoms with van der Waals surface area (Å²) in [5.74, 6) is 1.36. The maximum Gasteiger partial charge on any atom is 0.224 e. The predicted octanol–water partition coefficient (Wildman–Crippen LogP) is 4.66. The highest BCUT2D eigenvalue weighted by molar-refractivity contribution is 5.90. The van der Waals surface area contributed by atoms with Crippen LogP contribution in [0.1, 0.15) is 59.3 Å². The highest BCUT2D eigenvalue weighted by atomic mass is 17.3. The van der Waals surface area contributed by atoms with Crippen molar-refractivity contribution in [2.45, 2.75) is 83.1 Å². The molecule has 1 aromatic carbocycles.